The number of ether oxygens (including phenoxy) is 3. The highest BCUT2D eigenvalue weighted by Gasteiger charge is 2.48. The first-order chi connectivity index (χ1) is 12.0. The van der Waals surface area contributed by atoms with Crippen molar-refractivity contribution in [3.05, 3.63) is 34.5 Å². The van der Waals surface area contributed by atoms with Crippen LogP contribution < -0.4 is 10.1 Å². The molecule has 1 aliphatic carbocycles. The normalized spacial score (nSPS) is 22.2. The van der Waals surface area contributed by atoms with Crippen LogP contribution in [-0.2, 0) is 9.47 Å². The Morgan fingerprint density at radius 2 is 2.00 bits per heavy atom. The molecule has 136 valence electrons. The summed E-state index contributed by atoms with van der Waals surface area (Å²) in [4.78, 5) is 0. The summed E-state index contributed by atoms with van der Waals surface area (Å²) < 4.78 is 16.1. The molecule has 1 unspecified atom stereocenters. The Kier molecular flexibility index (Phi) is 5.53. The molecule has 1 aliphatic heterocycles. The maximum absolute atomic E-state index is 10.7. The number of aliphatic hydroxyl groups is 1. The lowest BCUT2D eigenvalue weighted by molar-refractivity contribution is 0.128. The first-order valence-electron chi connectivity index (χ1n) is 8.31. The summed E-state index contributed by atoms with van der Waals surface area (Å²) in [6.07, 6.45) is 4.11. The van der Waals surface area contributed by atoms with Gasteiger partial charge in [0.05, 0.1) is 24.8 Å². The quantitative estimate of drug-likeness (QED) is 0.777. The molecule has 0 saturated heterocycles. The minimum absolute atomic E-state index is 0.0259. The topological polar surface area (TPSA) is 60.0 Å². The van der Waals surface area contributed by atoms with Gasteiger partial charge in [-0.05, 0) is 31.0 Å². The van der Waals surface area contributed by atoms with Crippen molar-refractivity contribution >= 4 is 34.6 Å². The van der Waals surface area contributed by atoms with Crippen LogP contribution in [0.25, 0.3) is 5.57 Å². The van der Waals surface area contributed by atoms with Gasteiger partial charge in [-0.1, -0.05) is 30.9 Å². The Balaban J connectivity index is 2.11. The standard InChI is InChI=1S/C18H22ClNO4S/c1-22-11-6-7-12(13(19)10-11)14-15(24-17(25)23-2)18(20-16(14)21)8-4-3-5-9-18/h6-7,10,16,20-21H,3-5,8-9H2,1-2H3. The van der Waals surface area contributed by atoms with E-state index < -0.39 is 11.8 Å². The molecule has 1 saturated carbocycles. The van der Waals surface area contributed by atoms with Crippen LogP contribution in [0, 0.1) is 0 Å². The van der Waals surface area contributed by atoms with Crippen molar-refractivity contribution in [2.24, 2.45) is 0 Å². The van der Waals surface area contributed by atoms with E-state index in [2.05, 4.69) is 5.32 Å². The molecule has 0 bridgehead atoms. The molecule has 0 radical (unpaired) electrons. The summed E-state index contributed by atoms with van der Waals surface area (Å²) in [6, 6.07) is 5.34. The minimum atomic E-state index is -0.890. The van der Waals surface area contributed by atoms with E-state index >= 15 is 0 Å². The second-order valence-corrected chi connectivity index (χ2v) is 7.07. The van der Waals surface area contributed by atoms with Crippen molar-refractivity contribution in [3.8, 4) is 5.75 Å². The van der Waals surface area contributed by atoms with E-state index in [4.69, 9.17) is 38.0 Å². The van der Waals surface area contributed by atoms with Crippen molar-refractivity contribution < 1.29 is 19.3 Å². The number of rotatable bonds is 3. The first-order valence-corrected chi connectivity index (χ1v) is 9.09. The molecule has 1 aromatic carbocycles. The molecule has 3 rings (SSSR count). The van der Waals surface area contributed by atoms with Gasteiger partial charge in [-0.3, -0.25) is 5.32 Å². The van der Waals surface area contributed by atoms with Gasteiger partial charge in [-0.2, -0.15) is 0 Å². The zero-order valence-electron chi connectivity index (χ0n) is 14.3. The first kappa shape index (κ1) is 18.5. The summed E-state index contributed by atoms with van der Waals surface area (Å²) in [5.41, 5.74) is 0.853. The van der Waals surface area contributed by atoms with Crippen LogP contribution in [0.5, 0.6) is 5.75 Å². The second-order valence-electron chi connectivity index (χ2n) is 6.33. The molecule has 0 aromatic heterocycles. The van der Waals surface area contributed by atoms with Gasteiger partial charge in [0.1, 0.15) is 17.7 Å². The number of aliphatic hydroxyl groups excluding tert-OH is 1. The molecule has 2 aliphatic rings. The number of thiocarbonyl (C=S) groups is 1. The van der Waals surface area contributed by atoms with Gasteiger partial charge in [0.15, 0.2) is 0 Å². The van der Waals surface area contributed by atoms with Gasteiger partial charge in [-0.15, -0.1) is 0 Å². The Labute approximate surface area is 157 Å². The zero-order chi connectivity index (χ0) is 18.0. The van der Waals surface area contributed by atoms with E-state index in [0.29, 0.717) is 27.7 Å². The summed E-state index contributed by atoms with van der Waals surface area (Å²) in [6.45, 7) is 0. The highest BCUT2D eigenvalue weighted by atomic mass is 35.5. The lowest BCUT2D eigenvalue weighted by Crippen LogP contribution is -2.48. The third kappa shape index (κ3) is 3.49. The predicted octanol–water partition coefficient (Wildman–Crippen LogP) is 3.63. The largest absolute Gasteiger partial charge is 0.497 e. The number of benzene rings is 1. The average Bonchev–Trinajstić information content (AvgIpc) is 2.86. The predicted molar refractivity (Wildman–Crippen MR) is 101 cm³/mol. The number of halogens is 1. The Morgan fingerprint density at radius 1 is 1.28 bits per heavy atom. The van der Waals surface area contributed by atoms with E-state index in [1.54, 1.807) is 19.2 Å². The highest BCUT2D eigenvalue weighted by molar-refractivity contribution is 7.79. The smallest absolute Gasteiger partial charge is 0.357 e. The maximum Gasteiger partial charge on any atom is 0.357 e. The third-order valence-electron chi connectivity index (χ3n) is 4.89. The van der Waals surface area contributed by atoms with Crippen LogP contribution in [0.1, 0.15) is 37.7 Å². The van der Waals surface area contributed by atoms with Gasteiger partial charge in [0.25, 0.3) is 0 Å². The summed E-state index contributed by atoms with van der Waals surface area (Å²) in [5.74, 6) is 1.26. The van der Waals surface area contributed by atoms with Gasteiger partial charge < -0.3 is 19.3 Å². The molecule has 7 heteroatoms. The van der Waals surface area contributed by atoms with Crippen LogP contribution in [0.3, 0.4) is 0 Å². The highest BCUT2D eigenvalue weighted by Crippen LogP contribution is 2.46. The lowest BCUT2D eigenvalue weighted by atomic mass is 9.80. The summed E-state index contributed by atoms with van der Waals surface area (Å²) >= 11 is 11.6. The van der Waals surface area contributed by atoms with Crippen LogP contribution in [0.15, 0.2) is 24.0 Å². The fraction of sp³-hybridized carbons (Fsp3) is 0.500. The Morgan fingerprint density at radius 3 is 2.60 bits per heavy atom. The van der Waals surface area contributed by atoms with Crippen molar-refractivity contribution in [3.63, 3.8) is 0 Å². The molecule has 1 spiro atoms. The maximum atomic E-state index is 10.7. The molecule has 0 amide bonds. The summed E-state index contributed by atoms with van der Waals surface area (Å²) in [5, 5.41) is 14.6. The fourth-order valence-corrected chi connectivity index (χ4v) is 4.05. The van der Waals surface area contributed by atoms with E-state index in [9.17, 15) is 5.11 Å². The van der Waals surface area contributed by atoms with Crippen molar-refractivity contribution in [1.29, 1.82) is 0 Å². The third-order valence-corrected chi connectivity index (χ3v) is 5.45. The van der Waals surface area contributed by atoms with Gasteiger partial charge >= 0.3 is 5.24 Å². The molecule has 1 heterocycles. The number of nitrogens with one attached hydrogen (secondary N) is 1. The molecular weight excluding hydrogens is 362 g/mol. The lowest BCUT2D eigenvalue weighted by Gasteiger charge is -2.35. The van der Waals surface area contributed by atoms with Gasteiger partial charge in [-0.25, -0.2) is 0 Å². The Bertz CT molecular complexity index is 700. The molecule has 2 N–H and O–H groups in total. The Hall–Kier alpha value is -1.34. The monoisotopic (exact) mass is 383 g/mol. The minimum Gasteiger partial charge on any atom is -0.497 e. The van der Waals surface area contributed by atoms with Crippen molar-refractivity contribution in [1.82, 2.24) is 5.32 Å². The summed E-state index contributed by atoms with van der Waals surface area (Å²) in [7, 11) is 3.05. The van der Waals surface area contributed by atoms with Crippen LogP contribution in [0.4, 0.5) is 0 Å². The number of hydrogen-bond acceptors (Lipinski definition) is 6. The second kappa shape index (κ2) is 7.50. The molecule has 1 fully saturated rings. The molecule has 1 aromatic rings. The van der Waals surface area contributed by atoms with Crippen molar-refractivity contribution in [2.45, 2.75) is 43.9 Å². The molecule has 25 heavy (non-hydrogen) atoms. The van der Waals surface area contributed by atoms with Crippen LogP contribution in [0.2, 0.25) is 5.02 Å². The zero-order valence-corrected chi connectivity index (χ0v) is 15.9. The molecule has 1 atom stereocenters. The van der Waals surface area contributed by atoms with E-state index in [1.807, 2.05) is 6.07 Å². The molecule has 5 nitrogen and oxygen atoms in total. The number of methoxy groups -OCH3 is 2. The van der Waals surface area contributed by atoms with Crippen LogP contribution >= 0.6 is 23.8 Å². The molecular formula is C18H22ClNO4S. The van der Waals surface area contributed by atoms with Crippen molar-refractivity contribution in [2.75, 3.05) is 14.2 Å². The average molecular weight is 384 g/mol. The van der Waals surface area contributed by atoms with Gasteiger partial charge in [0.2, 0.25) is 0 Å². The van der Waals surface area contributed by atoms with E-state index in [1.165, 1.54) is 13.5 Å². The van der Waals surface area contributed by atoms with Crippen LogP contribution in [-0.4, -0.2) is 36.3 Å². The van der Waals surface area contributed by atoms with E-state index in [0.717, 1.165) is 25.7 Å². The van der Waals surface area contributed by atoms with Gasteiger partial charge in [0, 0.05) is 23.4 Å². The number of hydrogen-bond donors (Lipinski definition) is 2. The SMILES string of the molecule is COC(=S)OC1=C(c2ccc(OC)cc2Cl)C(O)NC12CCCCC2. The fourth-order valence-electron chi connectivity index (χ4n) is 3.70. The van der Waals surface area contributed by atoms with E-state index in [-0.39, 0.29) is 5.24 Å².